The minimum absolute atomic E-state index is 0.276. The third-order valence-electron chi connectivity index (χ3n) is 3.42. The smallest absolute Gasteiger partial charge is 0.134 e. The summed E-state index contributed by atoms with van der Waals surface area (Å²) in [7, 11) is 0. The van der Waals surface area contributed by atoms with Crippen LogP contribution in [0.4, 0.5) is 0 Å². The fourth-order valence-electron chi connectivity index (χ4n) is 2.46. The number of hydrogen-bond acceptors (Lipinski definition) is 3. The highest BCUT2D eigenvalue weighted by atomic mass is 79.9. The van der Waals surface area contributed by atoms with E-state index in [-0.39, 0.29) is 6.04 Å². The Balaban J connectivity index is 1.96. The Morgan fingerprint density at radius 3 is 2.90 bits per heavy atom. The predicted octanol–water partition coefficient (Wildman–Crippen LogP) is 5.15. The number of thiophene rings is 1. The fraction of sp³-hybridized carbons (Fsp3) is 0.250. The van der Waals surface area contributed by atoms with Gasteiger partial charge in [0.2, 0.25) is 0 Å². The van der Waals surface area contributed by atoms with E-state index < -0.39 is 0 Å². The van der Waals surface area contributed by atoms with Crippen LogP contribution in [0.1, 0.15) is 23.4 Å². The molecule has 4 heteroatoms. The van der Waals surface area contributed by atoms with Gasteiger partial charge in [0.05, 0.1) is 6.26 Å². The summed E-state index contributed by atoms with van der Waals surface area (Å²) in [6.07, 6.45) is 2.86. The molecule has 3 rings (SSSR count). The van der Waals surface area contributed by atoms with E-state index in [1.165, 1.54) is 20.3 Å². The van der Waals surface area contributed by atoms with Crippen LogP contribution in [-0.2, 0) is 6.42 Å². The second-order valence-electron chi connectivity index (χ2n) is 4.69. The monoisotopic (exact) mass is 349 g/mol. The van der Waals surface area contributed by atoms with Crippen molar-refractivity contribution in [2.75, 3.05) is 6.54 Å². The van der Waals surface area contributed by atoms with Crippen molar-refractivity contribution < 1.29 is 4.42 Å². The summed E-state index contributed by atoms with van der Waals surface area (Å²) in [5, 5.41) is 6.89. The molecule has 0 saturated heterocycles. The van der Waals surface area contributed by atoms with E-state index in [0.717, 1.165) is 18.5 Å². The molecule has 0 fully saturated rings. The van der Waals surface area contributed by atoms with Crippen LogP contribution in [0.2, 0.25) is 0 Å². The van der Waals surface area contributed by atoms with Crippen molar-refractivity contribution in [3.63, 3.8) is 0 Å². The maximum Gasteiger partial charge on any atom is 0.134 e. The van der Waals surface area contributed by atoms with Gasteiger partial charge in [-0.2, -0.15) is 0 Å². The van der Waals surface area contributed by atoms with Gasteiger partial charge in [0.25, 0.3) is 0 Å². The summed E-state index contributed by atoms with van der Waals surface area (Å²) < 4.78 is 6.87. The molecule has 0 spiro atoms. The first-order chi connectivity index (χ1) is 9.79. The zero-order chi connectivity index (χ0) is 13.9. The molecule has 0 aliphatic carbocycles. The summed E-state index contributed by atoms with van der Waals surface area (Å²) in [5.74, 6) is 0. The van der Waals surface area contributed by atoms with Crippen molar-refractivity contribution in [2.24, 2.45) is 0 Å². The molecule has 0 aliphatic rings. The van der Waals surface area contributed by atoms with Gasteiger partial charge >= 0.3 is 0 Å². The lowest BCUT2D eigenvalue weighted by Crippen LogP contribution is -2.22. The van der Waals surface area contributed by atoms with Crippen LogP contribution >= 0.6 is 27.3 Å². The van der Waals surface area contributed by atoms with E-state index in [2.05, 4.69) is 51.7 Å². The van der Waals surface area contributed by atoms with E-state index in [4.69, 9.17) is 4.42 Å². The van der Waals surface area contributed by atoms with Gasteiger partial charge in [0, 0.05) is 32.8 Å². The molecule has 2 heterocycles. The number of likely N-dealkylation sites (N-methyl/N-ethyl adjacent to an activating group) is 1. The Morgan fingerprint density at radius 1 is 1.30 bits per heavy atom. The number of benzene rings is 1. The summed E-state index contributed by atoms with van der Waals surface area (Å²) in [4.78, 5) is 1.36. The molecule has 1 unspecified atom stereocenters. The van der Waals surface area contributed by atoms with Crippen molar-refractivity contribution >= 4 is 38.2 Å². The average Bonchev–Trinajstić information content (AvgIpc) is 3.05. The maximum absolute atomic E-state index is 5.68. The standard InChI is InChI=1S/C16H16BrNOS/c1-2-18-14(9-16-13(17)7-8-20-16)12-10-19-15-6-4-3-5-11(12)15/h3-8,10,14,18H,2,9H2,1H3. The number of furan rings is 1. The zero-order valence-electron chi connectivity index (χ0n) is 11.2. The van der Waals surface area contributed by atoms with Crippen molar-refractivity contribution in [3.05, 3.63) is 56.9 Å². The molecule has 0 bridgehead atoms. The maximum atomic E-state index is 5.68. The molecule has 0 amide bonds. The van der Waals surface area contributed by atoms with Gasteiger partial charge in [0.1, 0.15) is 5.58 Å². The number of nitrogens with one attached hydrogen (secondary N) is 1. The number of fused-ring (bicyclic) bond motifs is 1. The van der Waals surface area contributed by atoms with Crippen molar-refractivity contribution in [1.82, 2.24) is 5.32 Å². The van der Waals surface area contributed by atoms with Crippen LogP contribution in [0.5, 0.6) is 0 Å². The molecule has 0 aliphatic heterocycles. The topological polar surface area (TPSA) is 25.2 Å². The molecule has 3 aromatic rings. The first-order valence-electron chi connectivity index (χ1n) is 6.71. The Hall–Kier alpha value is -1.10. The van der Waals surface area contributed by atoms with Gasteiger partial charge < -0.3 is 9.73 Å². The highest BCUT2D eigenvalue weighted by molar-refractivity contribution is 9.10. The lowest BCUT2D eigenvalue weighted by molar-refractivity contribution is 0.537. The average molecular weight is 350 g/mol. The lowest BCUT2D eigenvalue weighted by Gasteiger charge is -2.16. The fourth-order valence-corrected chi connectivity index (χ4v) is 4.02. The van der Waals surface area contributed by atoms with Gasteiger partial charge in [0.15, 0.2) is 0 Å². The predicted molar refractivity (Wildman–Crippen MR) is 88.4 cm³/mol. The van der Waals surface area contributed by atoms with Gasteiger partial charge in [-0.1, -0.05) is 25.1 Å². The van der Waals surface area contributed by atoms with Crippen LogP contribution < -0.4 is 5.32 Å². The van der Waals surface area contributed by atoms with Crippen LogP contribution in [0.15, 0.2) is 50.9 Å². The molecule has 0 saturated carbocycles. The quantitative estimate of drug-likeness (QED) is 0.688. The summed E-state index contributed by atoms with van der Waals surface area (Å²) in [6.45, 7) is 3.08. The zero-order valence-corrected chi connectivity index (χ0v) is 13.6. The van der Waals surface area contributed by atoms with Gasteiger partial charge in [-0.3, -0.25) is 0 Å². The normalized spacial score (nSPS) is 12.9. The third kappa shape index (κ3) is 2.68. The molecule has 1 atom stereocenters. The van der Waals surface area contributed by atoms with Gasteiger partial charge in [-0.15, -0.1) is 11.3 Å². The largest absolute Gasteiger partial charge is 0.464 e. The van der Waals surface area contributed by atoms with E-state index in [1.807, 2.05) is 18.4 Å². The Kier molecular flexibility index (Phi) is 4.24. The molecule has 0 radical (unpaired) electrons. The van der Waals surface area contributed by atoms with Crippen molar-refractivity contribution in [2.45, 2.75) is 19.4 Å². The molecule has 20 heavy (non-hydrogen) atoms. The summed E-state index contributed by atoms with van der Waals surface area (Å²) in [5.41, 5.74) is 2.19. The second kappa shape index (κ2) is 6.12. The first kappa shape index (κ1) is 13.9. The minimum Gasteiger partial charge on any atom is -0.464 e. The number of para-hydroxylation sites is 1. The van der Waals surface area contributed by atoms with Crippen molar-refractivity contribution in [1.29, 1.82) is 0 Å². The Labute approximate surface area is 130 Å². The van der Waals surface area contributed by atoms with E-state index in [0.29, 0.717) is 0 Å². The van der Waals surface area contributed by atoms with Crippen LogP contribution in [-0.4, -0.2) is 6.54 Å². The number of halogens is 1. The number of rotatable bonds is 5. The van der Waals surface area contributed by atoms with Crippen LogP contribution in [0.3, 0.4) is 0 Å². The molecular formula is C16H16BrNOS. The third-order valence-corrected chi connectivity index (χ3v) is 5.37. The van der Waals surface area contributed by atoms with Crippen LogP contribution in [0.25, 0.3) is 11.0 Å². The Bertz CT molecular complexity index is 703. The molecule has 104 valence electrons. The van der Waals surface area contributed by atoms with Crippen molar-refractivity contribution in [3.8, 4) is 0 Å². The molecular weight excluding hydrogens is 334 g/mol. The SMILES string of the molecule is CCNC(Cc1sccc1Br)c1coc2ccccc12. The lowest BCUT2D eigenvalue weighted by atomic mass is 10.0. The first-order valence-corrected chi connectivity index (χ1v) is 8.38. The molecule has 2 aromatic heterocycles. The van der Waals surface area contributed by atoms with Gasteiger partial charge in [-0.25, -0.2) is 0 Å². The summed E-state index contributed by atoms with van der Waals surface area (Å²) in [6, 6.07) is 10.6. The van der Waals surface area contributed by atoms with E-state index in [1.54, 1.807) is 11.3 Å². The summed E-state index contributed by atoms with van der Waals surface area (Å²) >= 11 is 5.41. The Morgan fingerprint density at radius 2 is 2.15 bits per heavy atom. The van der Waals surface area contributed by atoms with Crippen LogP contribution in [0, 0.1) is 0 Å². The highest BCUT2D eigenvalue weighted by Crippen LogP contribution is 2.32. The highest BCUT2D eigenvalue weighted by Gasteiger charge is 2.18. The van der Waals surface area contributed by atoms with E-state index >= 15 is 0 Å². The second-order valence-corrected chi connectivity index (χ2v) is 6.55. The number of hydrogen-bond donors (Lipinski definition) is 1. The van der Waals surface area contributed by atoms with Gasteiger partial charge in [-0.05, 0) is 40.0 Å². The molecule has 1 N–H and O–H groups in total. The minimum atomic E-state index is 0.276. The molecule has 2 nitrogen and oxygen atoms in total. The van der Waals surface area contributed by atoms with E-state index in [9.17, 15) is 0 Å². The molecule has 1 aromatic carbocycles.